The second-order valence-electron chi connectivity index (χ2n) is 11.2. The van der Waals surface area contributed by atoms with Gasteiger partial charge < -0.3 is 19.9 Å². The largest absolute Gasteiger partial charge is 0.387 e. The van der Waals surface area contributed by atoms with E-state index in [0.717, 1.165) is 53.9 Å². The lowest BCUT2D eigenvalue weighted by Gasteiger charge is -2.34. The van der Waals surface area contributed by atoms with Crippen molar-refractivity contribution in [3.8, 4) is 11.3 Å². The third-order valence-electron chi connectivity index (χ3n) is 7.93. The number of anilines is 2. The fourth-order valence-electron chi connectivity index (χ4n) is 5.75. The van der Waals surface area contributed by atoms with Gasteiger partial charge in [-0.2, -0.15) is 0 Å². The minimum atomic E-state index is -0.492. The van der Waals surface area contributed by atoms with Crippen molar-refractivity contribution in [2.45, 2.75) is 45.7 Å². The van der Waals surface area contributed by atoms with Crippen molar-refractivity contribution in [3.63, 3.8) is 0 Å². The number of aromatic nitrogens is 5. The summed E-state index contributed by atoms with van der Waals surface area (Å²) in [6, 6.07) is 7.74. The van der Waals surface area contributed by atoms with Crippen LogP contribution in [0, 0.1) is 12.7 Å². The Kier molecular flexibility index (Phi) is 6.71. The first kappa shape index (κ1) is 26.3. The summed E-state index contributed by atoms with van der Waals surface area (Å²) >= 11 is 0. The monoisotopic (exact) mass is 544 g/mol. The molecule has 4 aromatic rings. The lowest BCUT2D eigenvalue weighted by atomic mass is 10.0. The number of halogens is 1. The van der Waals surface area contributed by atoms with Gasteiger partial charge in [0.05, 0.1) is 17.2 Å². The minimum absolute atomic E-state index is 0.0444. The van der Waals surface area contributed by atoms with Gasteiger partial charge in [-0.25, -0.2) is 24.3 Å². The van der Waals surface area contributed by atoms with Crippen LogP contribution >= 0.6 is 0 Å². The SMILES string of the molecule is Cc1cc(-c2nc(Nc3ccc(CN4CCN(C(=O)CO)CC4)cn3)ncc2F)cc2c1nc1n2C(C)(C)CC1. The summed E-state index contributed by atoms with van der Waals surface area (Å²) in [4.78, 5) is 33.6. The molecule has 2 aliphatic rings. The first-order chi connectivity index (χ1) is 19.2. The summed E-state index contributed by atoms with van der Waals surface area (Å²) in [5.74, 6) is 1.17. The van der Waals surface area contributed by atoms with E-state index < -0.39 is 12.4 Å². The van der Waals surface area contributed by atoms with Crippen LogP contribution in [0.1, 0.15) is 37.2 Å². The van der Waals surface area contributed by atoms with Crippen molar-refractivity contribution in [2.75, 3.05) is 38.1 Å². The fraction of sp³-hybridized carbons (Fsp3) is 0.414. The zero-order valence-corrected chi connectivity index (χ0v) is 23.0. The summed E-state index contributed by atoms with van der Waals surface area (Å²) in [6.07, 6.45) is 4.93. The van der Waals surface area contributed by atoms with Gasteiger partial charge >= 0.3 is 0 Å². The molecule has 11 heteroatoms. The van der Waals surface area contributed by atoms with E-state index >= 15 is 4.39 Å². The molecule has 2 N–H and O–H groups in total. The number of hydrogen-bond donors (Lipinski definition) is 2. The number of imidazole rings is 1. The number of rotatable bonds is 6. The van der Waals surface area contributed by atoms with E-state index in [9.17, 15) is 4.79 Å². The van der Waals surface area contributed by atoms with Crippen molar-refractivity contribution in [2.24, 2.45) is 0 Å². The van der Waals surface area contributed by atoms with Gasteiger partial charge in [0.15, 0.2) is 5.82 Å². The molecule has 5 heterocycles. The number of carbonyl (C=O) groups excluding carboxylic acids is 1. The highest BCUT2D eigenvalue weighted by Crippen LogP contribution is 2.38. The van der Waals surface area contributed by atoms with Crippen molar-refractivity contribution < 1.29 is 14.3 Å². The summed E-state index contributed by atoms with van der Waals surface area (Å²) < 4.78 is 17.3. The molecule has 0 bridgehead atoms. The average Bonchev–Trinajstić information content (AvgIpc) is 3.48. The van der Waals surface area contributed by atoms with E-state index in [4.69, 9.17) is 10.1 Å². The molecule has 40 heavy (non-hydrogen) atoms. The number of piperazine rings is 1. The second kappa shape index (κ2) is 10.2. The number of aliphatic hydroxyl groups is 1. The number of pyridine rings is 1. The van der Waals surface area contributed by atoms with E-state index in [2.05, 4.69) is 43.6 Å². The number of carbonyl (C=O) groups is 1. The normalized spacial score (nSPS) is 16.9. The second-order valence-corrected chi connectivity index (χ2v) is 11.2. The molecule has 0 radical (unpaired) electrons. The highest BCUT2D eigenvalue weighted by Gasteiger charge is 2.32. The van der Waals surface area contributed by atoms with Crippen molar-refractivity contribution >= 4 is 28.7 Å². The van der Waals surface area contributed by atoms with E-state index in [0.29, 0.717) is 31.0 Å². The van der Waals surface area contributed by atoms with Crippen molar-refractivity contribution in [1.82, 2.24) is 34.3 Å². The first-order valence-electron chi connectivity index (χ1n) is 13.6. The molecule has 10 nitrogen and oxygen atoms in total. The van der Waals surface area contributed by atoms with Crippen LogP contribution in [0.2, 0.25) is 0 Å². The Balaban J connectivity index is 1.18. The van der Waals surface area contributed by atoms with E-state index in [-0.39, 0.29) is 23.1 Å². The molecule has 0 spiro atoms. The Hall–Kier alpha value is -3.96. The molecule has 6 rings (SSSR count). The van der Waals surface area contributed by atoms with E-state index in [1.807, 2.05) is 31.2 Å². The summed E-state index contributed by atoms with van der Waals surface area (Å²) in [6.45, 7) is 9.36. The summed E-state index contributed by atoms with van der Waals surface area (Å²) in [7, 11) is 0. The van der Waals surface area contributed by atoms with Gasteiger partial charge in [-0.05, 0) is 56.5 Å². The molecule has 1 aromatic carbocycles. The highest BCUT2D eigenvalue weighted by molar-refractivity contribution is 5.86. The fourth-order valence-corrected chi connectivity index (χ4v) is 5.75. The molecule has 3 aromatic heterocycles. The van der Waals surface area contributed by atoms with Crippen LogP contribution in [-0.4, -0.2) is 78.1 Å². The van der Waals surface area contributed by atoms with Crippen molar-refractivity contribution in [3.05, 3.63) is 59.4 Å². The van der Waals surface area contributed by atoms with Crippen LogP contribution in [0.25, 0.3) is 22.3 Å². The van der Waals surface area contributed by atoms with Gasteiger partial charge in [-0.15, -0.1) is 0 Å². The van der Waals surface area contributed by atoms with Crippen molar-refractivity contribution in [1.29, 1.82) is 0 Å². The van der Waals surface area contributed by atoms with E-state index in [1.54, 1.807) is 11.1 Å². The summed E-state index contributed by atoms with van der Waals surface area (Å²) in [5.41, 5.74) is 4.83. The molecule has 0 unspecified atom stereocenters. The standard InChI is InChI=1S/C29H33FN8O2/c1-18-12-20(13-22-26(18)34-24-6-7-29(2,3)38(22)24)27-21(30)15-32-28(35-27)33-23-5-4-19(14-31-23)16-36-8-10-37(11-9-36)25(40)17-39/h4-5,12-15,39H,6-11,16-17H2,1-3H3,(H,31,32,33,35). The van der Waals surface area contributed by atoms with Crippen LogP contribution in [0.5, 0.6) is 0 Å². The zero-order chi connectivity index (χ0) is 28.0. The van der Waals surface area contributed by atoms with Gasteiger partial charge in [0.2, 0.25) is 11.9 Å². The van der Waals surface area contributed by atoms with Crippen LogP contribution < -0.4 is 5.32 Å². The number of fused-ring (bicyclic) bond motifs is 3. The van der Waals surface area contributed by atoms with Crippen LogP contribution in [0.3, 0.4) is 0 Å². The topological polar surface area (TPSA) is 112 Å². The number of nitrogens with zero attached hydrogens (tertiary/aromatic N) is 7. The lowest BCUT2D eigenvalue weighted by Crippen LogP contribution is -2.49. The number of amides is 1. The Morgan fingerprint density at radius 1 is 1.10 bits per heavy atom. The number of aryl methyl sites for hydroxylation is 2. The highest BCUT2D eigenvalue weighted by atomic mass is 19.1. The van der Waals surface area contributed by atoms with Crippen LogP contribution in [0.4, 0.5) is 16.2 Å². The predicted octanol–water partition coefficient (Wildman–Crippen LogP) is 3.40. The Morgan fingerprint density at radius 2 is 1.90 bits per heavy atom. The van der Waals surface area contributed by atoms with Crippen LogP contribution in [0.15, 0.2) is 36.7 Å². The Morgan fingerprint density at radius 3 is 2.62 bits per heavy atom. The minimum Gasteiger partial charge on any atom is -0.387 e. The molecule has 208 valence electrons. The molecule has 0 aliphatic carbocycles. The Bertz CT molecular complexity index is 1580. The quantitative estimate of drug-likeness (QED) is 0.380. The maximum absolute atomic E-state index is 15.0. The van der Waals surface area contributed by atoms with Gasteiger partial charge in [0, 0.05) is 56.4 Å². The molecule has 0 saturated carbocycles. The average molecular weight is 545 g/mol. The number of nitrogens with one attached hydrogen (secondary N) is 1. The number of hydrogen-bond acceptors (Lipinski definition) is 8. The van der Waals surface area contributed by atoms with Gasteiger partial charge in [0.25, 0.3) is 0 Å². The first-order valence-corrected chi connectivity index (χ1v) is 13.6. The molecule has 1 fully saturated rings. The van der Waals surface area contributed by atoms with Gasteiger partial charge in [-0.3, -0.25) is 9.69 Å². The van der Waals surface area contributed by atoms with Crippen LogP contribution in [-0.2, 0) is 23.3 Å². The van der Waals surface area contributed by atoms with Gasteiger partial charge in [-0.1, -0.05) is 6.07 Å². The smallest absolute Gasteiger partial charge is 0.248 e. The van der Waals surface area contributed by atoms with Gasteiger partial charge in [0.1, 0.15) is 23.9 Å². The maximum Gasteiger partial charge on any atom is 0.248 e. The molecule has 2 aliphatic heterocycles. The molecular weight excluding hydrogens is 511 g/mol. The lowest BCUT2D eigenvalue weighted by molar-refractivity contribution is -0.136. The molecule has 1 saturated heterocycles. The summed E-state index contributed by atoms with van der Waals surface area (Å²) in [5, 5.41) is 12.1. The molecule has 0 atom stereocenters. The zero-order valence-electron chi connectivity index (χ0n) is 23.0. The van der Waals surface area contributed by atoms with E-state index in [1.165, 1.54) is 6.20 Å². The number of aliphatic hydroxyl groups excluding tert-OH is 1. The number of benzene rings is 1. The molecular formula is C29H33FN8O2. The Labute approximate surface area is 231 Å². The third kappa shape index (κ3) is 4.90. The maximum atomic E-state index is 15.0. The predicted molar refractivity (Wildman–Crippen MR) is 150 cm³/mol. The third-order valence-corrected chi connectivity index (χ3v) is 7.93. The molecule has 1 amide bonds.